The molecule has 0 fully saturated rings. The minimum absolute atomic E-state index is 0.0390. The summed E-state index contributed by atoms with van der Waals surface area (Å²) in [6, 6.07) is 17.4. The van der Waals surface area contributed by atoms with Crippen LogP contribution in [0.1, 0.15) is 42.5 Å². The number of hydrogen-bond donors (Lipinski definition) is 1. The lowest BCUT2D eigenvalue weighted by molar-refractivity contribution is -0.120. The van der Waals surface area contributed by atoms with E-state index >= 15 is 0 Å². The van der Waals surface area contributed by atoms with Gasteiger partial charge in [-0.15, -0.1) is 0 Å². The Bertz CT molecular complexity index is 1480. The molecule has 4 rings (SSSR count). The Balaban J connectivity index is 1.54. The first-order chi connectivity index (χ1) is 18.3. The highest BCUT2D eigenvalue weighted by Gasteiger charge is 2.25. The van der Waals surface area contributed by atoms with Crippen molar-refractivity contribution in [3.05, 3.63) is 94.3 Å². The van der Waals surface area contributed by atoms with E-state index in [2.05, 4.69) is 10.5 Å². The van der Waals surface area contributed by atoms with Crippen LogP contribution in [0.15, 0.2) is 76.2 Å². The van der Waals surface area contributed by atoms with Crippen LogP contribution in [0.4, 0.5) is 4.39 Å². The molecular weight excluding hydrogens is 503 g/mol. The Kier molecular flexibility index (Phi) is 8.53. The van der Waals surface area contributed by atoms with E-state index in [9.17, 15) is 13.4 Å². The molecule has 1 atom stereocenters. The average molecular weight is 533 g/mol. The number of allylic oxidation sites excluding steroid dienone is 2. The minimum Gasteiger partial charge on any atom is -0.493 e. The third-order valence-corrected chi connectivity index (χ3v) is 7.14. The second kappa shape index (κ2) is 12.0. The summed E-state index contributed by atoms with van der Waals surface area (Å²) in [6.07, 6.45) is 5.20. The monoisotopic (exact) mass is 532 g/mol. The van der Waals surface area contributed by atoms with E-state index in [0.717, 1.165) is 38.3 Å². The molecule has 0 heterocycles. The first kappa shape index (κ1) is 27.0. The van der Waals surface area contributed by atoms with Crippen molar-refractivity contribution in [1.29, 1.82) is 0 Å². The number of benzene rings is 3. The van der Waals surface area contributed by atoms with Crippen LogP contribution in [0.2, 0.25) is 0 Å². The lowest BCUT2D eigenvalue weighted by Crippen LogP contribution is -2.17. The Hall–Kier alpha value is -4.04. The zero-order chi connectivity index (χ0) is 27.2. The summed E-state index contributed by atoms with van der Waals surface area (Å²) in [6.45, 7) is 4.34. The molecule has 6 nitrogen and oxygen atoms in total. The molecule has 1 aliphatic carbocycles. The van der Waals surface area contributed by atoms with Crippen LogP contribution in [0, 0.1) is 5.82 Å². The Morgan fingerprint density at radius 3 is 2.45 bits per heavy atom. The number of halogens is 1. The van der Waals surface area contributed by atoms with Crippen molar-refractivity contribution < 1.29 is 22.9 Å². The van der Waals surface area contributed by atoms with Crippen LogP contribution >= 0.6 is 0 Å². The number of nitrogens with one attached hydrogen (secondary N) is 1. The molecule has 0 aliphatic heterocycles. The Morgan fingerprint density at radius 1 is 1.03 bits per heavy atom. The van der Waals surface area contributed by atoms with Gasteiger partial charge in [0, 0.05) is 22.0 Å². The molecule has 1 amide bonds. The van der Waals surface area contributed by atoms with Gasteiger partial charge in [0.2, 0.25) is 5.91 Å². The molecule has 1 N–H and O–H groups in total. The van der Waals surface area contributed by atoms with Gasteiger partial charge in [0.05, 0.1) is 26.4 Å². The standard InChI is InChI=1S/C30H29FN2O4S/c1-5-37-28-13-8-21(15-29(28)36-3)18-32-33-30(34)17-26-19(2)25(24-12-9-22(31)16-27(24)26)14-20-6-10-23(11-7-20)38(4)35/h6-16,18H,5,17H2,1-4H3,(H,33,34)/b25-14-,32-18?. The maximum Gasteiger partial charge on any atom is 0.244 e. The van der Waals surface area contributed by atoms with Crippen molar-refractivity contribution >= 4 is 40.1 Å². The molecule has 3 aromatic rings. The van der Waals surface area contributed by atoms with E-state index in [0.29, 0.717) is 23.7 Å². The number of hydrogen-bond acceptors (Lipinski definition) is 5. The molecule has 0 spiro atoms. The molecule has 38 heavy (non-hydrogen) atoms. The van der Waals surface area contributed by atoms with E-state index in [-0.39, 0.29) is 18.1 Å². The van der Waals surface area contributed by atoms with Crippen LogP contribution in [0.25, 0.3) is 17.2 Å². The molecule has 1 unspecified atom stereocenters. The van der Waals surface area contributed by atoms with E-state index in [1.807, 2.05) is 50.3 Å². The number of amides is 1. The molecule has 0 saturated carbocycles. The van der Waals surface area contributed by atoms with Crippen molar-refractivity contribution in [2.24, 2.45) is 5.10 Å². The summed E-state index contributed by atoms with van der Waals surface area (Å²) in [4.78, 5) is 13.6. The van der Waals surface area contributed by atoms with Crippen molar-refractivity contribution in [1.82, 2.24) is 5.43 Å². The van der Waals surface area contributed by atoms with Crippen molar-refractivity contribution in [2.45, 2.75) is 25.2 Å². The molecule has 0 radical (unpaired) electrons. The highest BCUT2D eigenvalue weighted by molar-refractivity contribution is 7.84. The van der Waals surface area contributed by atoms with E-state index in [4.69, 9.17) is 9.47 Å². The number of carbonyl (C=O) groups is 1. The van der Waals surface area contributed by atoms with Gasteiger partial charge >= 0.3 is 0 Å². The van der Waals surface area contributed by atoms with E-state index in [1.165, 1.54) is 18.3 Å². The molecule has 8 heteroatoms. The van der Waals surface area contributed by atoms with E-state index in [1.54, 1.807) is 31.6 Å². The number of fused-ring (bicyclic) bond motifs is 1. The number of nitrogens with zero attached hydrogens (tertiary/aromatic N) is 1. The summed E-state index contributed by atoms with van der Waals surface area (Å²) >= 11 is 0. The van der Waals surface area contributed by atoms with Gasteiger partial charge in [0.1, 0.15) is 5.82 Å². The number of rotatable bonds is 9. The van der Waals surface area contributed by atoms with E-state index < -0.39 is 10.8 Å². The Morgan fingerprint density at radius 2 is 1.76 bits per heavy atom. The van der Waals surface area contributed by atoms with Gasteiger partial charge in [-0.1, -0.05) is 18.2 Å². The SMILES string of the molecule is CCOc1ccc(C=NNC(=O)CC2=C(C)/C(=C/c3ccc(S(C)=O)cc3)c3ccc(F)cc32)cc1OC. The lowest BCUT2D eigenvalue weighted by Gasteiger charge is -2.09. The van der Waals surface area contributed by atoms with Gasteiger partial charge in [0.25, 0.3) is 0 Å². The predicted octanol–water partition coefficient (Wildman–Crippen LogP) is 5.84. The maximum absolute atomic E-state index is 14.2. The zero-order valence-electron chi connectivity index (χ0n) is 21.7. The highest BCUT2D eigenvalue weighted by Crippen LogP contribution is 2.43. The maximum atomic E-state index is 14.2. The minimum atomic E-state index is -1.06. The van der Waals surface area contributed by atoms with Crippen molar-refractivity contribution in [3.8, 4) is 11.5 Å². The summed E-state index contributed by atoms with van der Waals surface area (Å²) in [7, 11) is 0.501. The first-order valence-electron chi connectivity index (χ1n) is 12.1. The lowest BCUT2D eigenvalue weighted by atomic mass is 10.0. The van der Waals surface area contributed by atoms with Crippen molar-refractivity contribution in [2.75, 3.05) is 20.0 Å². The zero-order valence-corrected chi connectivity index (χ0v) is 22.5. The number of carbonyl (C=O) groups excluding carboxylic acids is 1. The summed E-state index contributed by atoms with van der Waals surface area (Å²) < 4.78 is 36.8. The van der Waals surface area contributed by atoms with Gasteiger partial charge in [-0.25, -0.2) is 9.82 Å². The second-order valence-electron chi connectivity index (χ2n) is 8.69. The third-order valence-electron chi connectivity index (χ3n) is 6.20. The molecule has 196 valence electrons. The van der Waals surface area contributed by atoms with Gasteiger partial charge in [0.15, 0.2) is 11.5 Å². The molecule has 1 aliphatic rings. The second-order valence-corrected chi connectivity index (χ2v) is 10.1. The fourth-order valence-corrected chi connectivity index (χ4v) is 4.84. The summed E-state index contributed by atoms with van der Waals surface area (Å²) in [5.74, 6) is 0.517. The topological polar surface area (TPSA) is 77.0 Å². The molecule has 3 aromatic carbocycles. The molecule has 0 saturated heterocycles. The first-order valence-corrected chi connectivity index (χ1v) is 13.6. The van der Waals surface area contributed by atoms with Crippen LogP contribution in [-0.2, 0) is 15.6 Å². The third kappa shape index (κ3) is 6.08. The highest BCUT2D eigenvalue weighted by atomic mass is 32.2. The Labute approximate surface area is 224 Å². The fourth-order valence-electron chi connectivity index (χ4n) is 4.32. The number of ether oxygens (including phenoxy) is 2. The number of methoxy groups -OCH3 is 1. The molecule has 0 bridgehead atoms. The van der Waals surface area contributed by atoms with Gasteiger partial charge in [-0.05, 0) is 101 Å². The fraction of sp³-hybridized carbons (Fsp3) is 0.200. The predicted molar refractivity (Wildman–Crippen MR) is 150 cm³/mol. The van der Waals surface area contributed by atoms with Crippen LogP contribution in [-0.4, -0.2) is 36.3 Å². The number of hydrazone groups is 1. The van der Waals surface area contributed by atoms with Crippen LogP contribution in [0.5, 0.6) is 11.5 Å². The van der Waals surface area contributed by atoms with Crippen LogP contribution in [0.3, 0.4) is 0 Å². The summed E-state index contributed by atoms with van der Waals surface area (Å²) in [5, 5.41) is 4.09. The quantitative estimate of drug-likeness (QED) is 0.278. The smallest absolute Gasteiger partial charge is 0.244 e. The largest absolute Gasteiger partial charge is 0.493 e. The normalized spacial score (nSPS) is 14.6. The molecular formula is C30H29FN2O4S. The summed E-state index contributed by atoms with van der Waals surface area (Å²) in [5.41, 5.74) is 8.32. The van der Waals surface area contributed by atoms with Crippen molar-refractivity contribution in [3.63, 3.8) is 0 Å². The van der Waals surface area contributed by atoms with Gasteiger partial charge in [-0.3, -0.25) is 9.00 Å². The van der Waals surface area contributed by atoms with Gasteiger partial charge < -0.3 is 9.47 Å². The van der Waals surface area contributed by atoms with Crippen LogP contribution < -0.4 is 14.9 Å². The molecule has 0 aromatic heterocycles. The average Bonchev–Trinajstić information content (AvgIpc) is 3.15. The van der Waals surface area contributed by atoms with Gasteiger partial charge in [-0.2, -0.15) is 5.10 Å².